The lowest BCUT2D eigenvalue weighted by Crippen LogP contribution is -2.26. The predicted octanol–water partition coefficient (Wildman–Crippen LogP) is 2.83. The summed E-state index contributed by atoms with van der Waals surface area (Å²) < 4.78 is 2.14. The quantitative estimate of drug-likeness (QED) is 0.733. The van der Waals surface area contributed by atoms with Crippen LogP contribution in [0.4, 0.5) is 5.95 Å². The van der Waals surface area contributed by atoms with Gasteiger partial charge in [0.05, 0.1) is 0 Å². The Morgan fingerprint density at radius 1 is 1.33 bits per heavy atom. The summed E-state index contributed by atoms with van der Waals surface area (Å²) in [6.45, 7) is 13.3. The molecule has 1 rings (SSSR count). The number of nitrogens with zero attached hydrogens (tertiary/aromatic N) is 3. The Bertz CT molecular complexity index is 317. The van der Waals surface area contributed by atoms with Crippen molar-refractivity contribution in [2.24, 2.45) is 0 Å². The first-order chi connectivity index (χ1) is 8.71. The highest BCUT2D eigenvalue weighted by Crippen LogP contribution is 2.09. The Balaban J connectivity index is 2.27. The van der Waals surface area contributed by atoms with Crippen molar-refractivity contribution in [3.8, 4) is 0 Å². The van der Waals surface area contributed by atoms with E-state index in [0.717, 1.165) is 25.6 Å². The zero-order valence-electron chi connectivity index (χ0n) is 12.3. The number of nitrogens with one attached hydrogen (secondary N) is 1. The molecule has 1 N–H and O–H groups in total. The second-order valence-electron chi connectivity index (χ2n) is 4.75. The molecular weight excluding hydrogens is 224 g/mol. The van der Waals surface area contributed by atoms with E-state index in [1.807, 2.05) is 12.4 Å². The van der Waals surface area contributed by atoms with Crippen LogP contribution in [-0.2, 0) is 6.54 Å². The van der Waals surface area contributed by atoms with E-state index in [-0.39, 0.29) is 0 Å². The van der Waals surface area contributed by atoms with Crippen molar-refractivity contribution in [2.45, 2.75) is 53.1 Å². The largest absolute Gasteiger partial charge is 0.353 e. The minimum absolute atomic E-state index is 0.480. The average Bonchev–Trinajstić information content (AvgIpc) is 2.82. The van der Waals surface area contributed by atoms with Gasteiger partial charge in [-0.25, -0.2) is 4.98 Å². The minimum atomic E-state index is 0.480. The van der Waals surface area contributed by atoms with Gasteiger partial charge in [-0.1, -0.05) is 13.8 Å². The molecule has 0 aliphatic heterocycles. The van der Waals surface area contributed by atoms with Crippen molar-refractivity contribution in [2.75, 3.05) is 25.0 Å². The van der Waals surface area contributed by atoms with Gasteiger partial charge in [-0.05, 0) is 46.3 Å². The number of hydrogen-bond donors (Lipinski definition) is 1. The monoisotopic (exact) mass is 252 g/mol. The van der Waals surface area contributed by atoms with Crippen LogP contribution in [-0.4, -0.2) is 40.1 Å². The van der Waals surface area contributed by atoms with E-state index in [1.54, 1.807) is 0 Å². The molecule has 0 fully saturated rings. The summed E-state index contributed by atoms with van der Waals surface area (Å²) in [5.74, 6) is 0.993. The van der Waals surface area contributed by atoms with E-state index < -0.39 is 0 Å². The summed E-state index contributed by atoms with van der Waals surface area (Å²) in [6, 6.07) is 0.480. The summed E-state index contributed by atoms with van der Waals surface area (Å²) in [5.41, 5.74) is 0. The topological polar surface area (TPSA) is 33.1 Å². The summed E-state index contributed by atoms with van der Waals surface area (Å²) in [5, 5.41) is 3.48. The highest BCUT2D eigenvalue weighted by molar-refractivity contribution is 5.26. The number of rotatable bonds is 9. The third-order valence-electron chi connectivity index (χ3n) is 3.44. The Labute approximate surface area is 111 Å². The van der Waals surface area contributed by atoms with Gasteiger partial charge in [0.2, 0.25) is 5.95 Å². The van der Waals surface area contributed by atoms with Crippen LogP contribution in [0.1, 0.15) is 40.5 Å². The molecule has 0 spiro atoms. The van der Waals surface area contributed by atoms with Crippen LogP contribution in [0.25, 0.3) is 0 Å². The molecule has 0 amide bonds. The van der Waals surface area contributed by atoms with Crippen molar-refractivity contribution in [1.82, 2.24) is 14.5 Å². The Kier molecular flexibility index (Phi) is 6.80. The Morgan fingerprint density at radius 3 is 2.67 bits per heavy atom. The molecule has 0 saturated carbocycles. The summed E-state index contributed by atoms with van der Waals surface area (Å²) >= 11 is 0. The van der Waals surface area contributed by atoms with E-state index in [2.05, 4.69) is 47.5 Å². The van der Waals surface area contributed by atoms with Crippen molar-refractivity contribution in [1.29, 1.82) is 0 Å². The predicted molar refractivity (Wildman–Crippen MR) is 78.0 cm³/mol. The molecule has 0 aliphatic carbocycles. The van der Waals surface area contributed by atoms with Gasteiger partial charge >= 0.3 is 0 Å². The fraction of sp³-hybridized carbons (Fsp3) is 0.786. The van der Waals surface area contributed by atoms with E-state index in [9.17, 15) is 0 Å². The first kappa shape index (κ1) is 15.0. The molecule has 0 aliphatic rings. The van der Waals surface area contributed by atoms with Crippen molar-refractivity contribution < 1.29 is 0 Å². The van der Waals surface area contributed by atoms with Crippen LogP contribution in [0.3, 0.4) is 0 Å². The van der Waals surface area contributed by atoms with E-state index in [0.29, 0.717) is 6.04 Å². The molecule has 4 heteroatoms. The van der Waals surface area contributed by atoms with Crippen LogP contribution < -0.4 is 5.32 Å². The number of hydrogen-bond acceptors (Lipinski definition) is 3. The maximum Gasteiger partial charge on any atom is 0.202 e. The summed E-state index contributed by atoms with van der Waals surface area (Å²) in [7, 11) is 0. The molecule has 104 valence electrons. The normalized spacial score (nSPS) is 12.9. The maximum atomic E-state index is 4.34. The van der Waals surface area contributed by atoms with Crippen LogP contribution in [0, 0.1) is 0 Å². The third kappa shape index (κ3) is 4.69. The van der Waals surface area contributed by atoms with Crippen LogP contribution in [0.5, 0.6) is 0 Å². The number of anilines is 1. The summed E-state index contributed by atoms with van der Waals surface area (Å²) in [6.07, 6.45) is 6.30. The zero-order chi connectivity index (χ0) is 13.4. The maximum absolute atomic E-state index is 4.34. The molecular formula is C14H28N4. The highest BCUT2D eigenvalue weighted by Gasteiger charge is 2.07. The molecule has 1 unspecified atom stereocenters. The van der Waals surface area contributed by atoms with Gasteiger partial charge in [-0.15, -0.1) is 0 Å². The van der Waals surface area contributed by atoms with E-state index in [1.165, 1.54) is 19.4 Å². The minimum Gasteiger partial charge on any atom is -0.353 e. The lowest BCUT2D eigenvalue weighted by Gasteiger charge is -2.20. The van der Waals surface area contributed by atoms with Crippen molar-refractivity contribution in [3.63, 3.8) is 0 Å². The molecule has 18 heavy (non-hydrogen) atoms. The van der Waals surface area contributed by atoms with Crippen LogP contribution in [0.15, 0.2) is 12.4 Å². The highest BCUT2D eigenvalue weighted by atomic mass is 15.2. The van der Waals surface area contributed by atoms with Crippen LogP contribution in [0.2, 0.25) is 0 Å². The molecule has 0 bridgehead atoms. The lowest BCUT2D eigenvalue weighted by atomic mass is 10.2. The van der Waals surface area contributed by atoms with Crippen molar-refractivity contribution in [3.05, 3.63) is 12.4 Å². The standard InChI is InChI=1S/C14H28N4/c1-5-17(6-2)11-8-9-13(4)16-14-15-10-12-18(14)7-3/h10,12-13H,5-9,11H2,1-4H3,(H,15,16). The van der Waals surface area contributed by atoms with Gasteiger partial charge in [-0.3, -0.25) is 0 Å². The molecule has 4 nitrogen and oxygen atoms in total. The van der Waals surface area contributed by atoms with Crippen molar-refractivity contribution >= 4 is 5.95 Å². The smallest absolute Gasteiger partial charge is 0.202 e. The summed E-state index contributed by atoms with van der Waals surface area (Å²) in [4.78, 5) is 6.82. The molecule has 1 atom stereocenters. The Morgan fingerprint density at radius 2 is 2.06 bits per heavy atom. The Hall–Kier alpha value is -1.03. The molecule has 1 aromatic rings. The molecule has 1 heterocycles. The van der Waals surface area contributed by atoms with E-state index >= 15 is 0 Å². The number of imidazole rings is 1. The van der Waals surface area contributed by atoms with Gasteiger partial charge in [-0.2, -0.15) is 0 Å². The molecule has 1 aromatic heterocycles. The second kappa shape index (κ2) is 8.14. The first-order valence-electron chi connectivity index (χ1n) is 7.21. The van der Waals surface area contributed by atoms with Gasteiger partial charge in [0.15, 0.2) is 0 Å². The second-order valence-corrected chi connectivity index (χ2v) is 4.75. The van der Waals surface area contributed by atoms with Gasteiger partial charge in [0.25, 0.3) is 0 Å². The third-order valence-corrected chi connectivity index (χ3v) is 3.44. The number of aryl methyl sites for hydroxylation is 1. The van der Waals surface area contributed by atoms with E-state index in [4.69, 9.17) is 0 Å². The number of aromatic nitrogens is 2. The lowest BCUT2D eigenvalue weighted by molar-refractivity contribution is 0.295. The zero-order valence-corrected chi connectivity index (χ0v) is 12.3. The SMILES string of the molecule is CCN(CC)CCCC(C)Nc1nccn1CC. The van der Waals surface area contributed by atoms with Gasteiger partial charge in [0.1, 0.15) is 0 Å². The molecule has 0 aromatic carbocycles. The average molecular weight is 252 g/mol. The fourth-order valence-corrected chi connectivity index (χ4v) is 2.16. The first-order valence-corrected chi connectivity index (χ1v) is 7.21. The van der Waals surface area contributed by atoms with Crippen LogP contribution >= 0.6 is 0 Å². The van der Waals surface area contributed by atoms with Gasteiger partial charge in [0, 0.05) is 25.0 Å². The van der Waals surface area contributed by atoms with Gasteiger partial charge < -0.3 is 14.8 Å². The molecule has 0 radical (unpaired) electrons. The fourth-order valence-electron chi connectivity index (χ4n) is 2.16. The molecule has 0 saturated heterocycles.